The standard InChI is InChI=1S/C24H25F4N3O2/c1-4-16-6-5-7-20(25)22(16)23(32)29-21-10-11-31(30-21)13-17-12-18(33-14-15(2)3)8-9-19(17)24(26,27)28/h5-12,15H,4,13-14H2,1-3H3,(H,29,30,32). The first-order chi connectivity index (χ1) is 15.6. The zero-order chi connectivity index (χ0) is 24.2. The summed E-state index contributed by atoms with van der Waals surface area (Å²) in [6, 6.07) is 9.44. The summed E-state index contributed by atoms with van der Waals surface area (Å²) in [5.74, 6) is -0.671. The van der Waals surface area contributed by atoms with Gasteiger partial charge in [-0.1, -0.05) is 32.9 Å². The van der Waals surface area contributed by atoms with Gasteiger partial charge in [0.05, 0.1) is 24.3 Å². The Bertz CT molecular complexity index is 1120. The van der Waals surface area contributed by atoms with Crippen molar-refractivity contribution in [2.24, 2.45) is 5.92 Å². The number of rotatable bonds is 8. The number of alkyl halides is 3. The zero-order valence-electron chi connectivity index (χ0n) is 18.5. The predicted molar refractivity (Wildman–Crippen MR) is 117 cm³/mol. The molecule has 0 saturated heterocycles. The van der Waals surface area contributed by atoms with E-state index in [2.05, 4.69) is 10.4 Å². The van der Waals surface area contributed by atoms with Crippen molar-refractivity contribution in [3.8, 4) is 5.75 Å². The van der Waals surface area contributed by atoms with Gasteiger partial charge in [0.2, 0.25) is 0 Å². The zero-order valence-corrected chi connectivity index (χ0v) is 18.5. The van der Waals surface area contributed by atoms with E-state index in [4.69, 9.17) is 4.74 Å². The average molecular weight is 463 g/mol. The number of nitrogens with one attached hydrogen (secondary N) is 1. The van der Waals surface area contributed by atoms with E-state index in [1.54, 1.807) is 13.0 Å². The highest BCUT2D eigenvalue weighted by Crippen LogP contribution is 2.34. The summed E-state index contributed by atoms with van der Waals surface area (Å²) in [4.78, 5) is 12.6. The van der Waals surface area contributed by atoms with Gasteiger partial charge in [0.15, 0.2) is 5.82 Å². The lowest BCUT2D eigenvalue weighted by molar-refractivity contribution is -0.138. The third-order valence-electron chi connectivity index (χ3n) is 4.89. The van der Waals surface area contributed by atoms with Crippen LogP contribution >= 0.6 is 0 Å². The molecule has 0 spiro atoms. The van der Waals surface area contributed by atoms with Crippen LogP contribution in [0.3, 0.4) is 0 Å². The third kappa shape index (κ3) is 6.12. The number of carbonyl (C=O) groups is 1. The molecule has 1 amide bonds. The molecule has 0 saturated carbocycles. The van der Waals surface area contributed by atoms with Gasteiger partial charge >= 0.3 is 6.18 Å². The number of carbonyl (C=O) groups excluding carboxylic acids is 1. The molecule has 0 aliphatic heterocycles. The summed E-state index contributed by atoms with van der Waals surface area (Å²) in [6.07, 6.45) is -2.64. The number of halogens is 4. The fourth-order valence-electron chi connectivity index (χ4n) is 3.32. The van der Waals surface area contributed by atoms with Crippen molar-refractivity contribution in [1.29, 1.82) is 0 Å². The number of nitrogens with zero attached hydrogens (tertiary/aromatic N) is 2. The molecular formula is C24H25F4N3O2. The van der Waals surface area contributed by atoms with E-state index in [1.807, 2.05) is 13.8 Å². The van der Waals surface area contributed by atoms with Gasteiger partial charge in [-0.15, -0.1) is 0 Å². The maximum atomic E-state index is 14.2. The Morgan fingerprint density at radius 1 is 1.15 bits per heavy atom. The van der Waals surface area contributed by atoms with Crippen molar-refractivity contribution in [3.05, 3.63) is 76.7 Å². The highest BCUT2D eigenvalue weighted by Gasteiger charge is 2.33. The Morgan fingerprint density at radius 3 is 2.58 bits per heavy atom. The quantitative estimate of drug-likeness (QED) is 0.421. The van der Waals surface area contributed by atoms with Crippen molar-refractivity contribution < 1.29 is 27.1 Å². The van der Waals surface area contributed by atoms with Gasteiger partial charge in [-0.2, -0.15) is 18.3 Å². The monoisotopic (exact) mass is 463 g/mol. The Hall–Kier alpha value is -3.36. The van der Waals surface area contributed by atoms with Gasteiger partial charge in [-0.05, 0) is 47.7 Å². The number of benzene rings is 2. The van der Waals surface area contributed by atoms with E-state index < -0.39 is 23.5 Å². The lowest BCUT2D eigenvalue weighted by atomic mass is 10.0. The second kappa shape index (κ2) is 10.1. The van der Waals surface area contributed by atoms with Crippen LogP contribution in [-0.4, -0.2) is 22.3 Å². The molecule has 2 aromatic carbocycles. The summed E-state index contributed by atoms with van der Waals surface area (Å²) >= 11 is 0. The van der Waals surface area contributed by atoms with Gasteiger partial charge in [0, 0.05) is 12.3 Å². The van der Waals surface area contributed by atoms with Crippen LogP contribution in [0.1, 0.15) is 47.8 Å². The number of aryl methyl sites for hydroxylation is 1. The van der Waals surface area contributed by atoms with Gasteiger partial charge in [-0.25, -0.2) is 4.39 Å². The number of hydrogen-bond acceptors (Lipinski definition) is 3. The molecule has 3 rings (SSSR count). The second-order valence-corrected chi connectivity index (χ2v) is 8.00. The molecule has 0 atom stereocenters. The summed E-state index contributed by atoms with van der Waals surface area (Å²) in [7, 11) is 0. The first-order valence-electron chi connectivity index (χ1n) is 10.5. The molecule has 0 bridgehead atoms. The highest BCUT2D eigenvalue weighted by molar-refractivity contribution is 6.05. The number of amides is 1. The fourth-order valence-corrected chi connectivity index (χ4v) is 3.32. The summed E-state index contributed by atoms with van der Waals surface area (Å²) < 4.78 is 61.5. The van der Waals surface area contributed by atoms with E-state index in [1.165, 1.54) is 41.2 Å². The average Bonchev–Trinajstić information content (AvgIpc) is 3.17. The molecule has 0 aliphatic carbocycles. The van der Waals surface area contributed by atoms with Gasteiger partial charge in [-0.3, -0.25) is 9.48 Å². The van der Waals surface area contributed by atoms with Gasteiger partial charge in [0.1, 0.15) is 11.6 Å². The molecule has 0 aliphatic rings. The lowest BCUT2D eigenvalue weighted by Gasteiger charge is -2.16. The Labute approximate surface area is 189 Å². The molecule has 9 heteroatoms. The normalized spacial score (nSPS) is 11.6. The molecule has 5 nitrogen and oxygen atoms in total. The van der Waals surface area contributed by atoms with Crippen LogP contribution in [-0.2, 0) is 19.1 Å². The maximum absolute atomic E-state index is 14.2. The van der Waals surface area contributed by atoms with Crippen LogP contribution in [0.25, 0.3) is 0 Å². The first kappa shape index (κ1) is 24.3. The number of ether oxygens (including phenoxy) is 1. The lowest BCUT2D eigenvalue weighted by Crippen LogP contribution is -2.17. The van der Waals surface area contributed by atoms with Crippen molar-refractivity contribution in [3.63, 3.8) is 0 Å². The number of hydrogen-bond donors (Lipinski definition) is 1. The summed E-state index contributed by atoms with van der Waals surface area (Å²) in [5.41, 5.74) is -0.351. The molecule has 3 aromatic rings. The van der Waals surface area contributed by atoms with Crippen LogP contribution in [0.4, 0.5) is 23.4 Å². The summed E-state index contributed by atoms with van der Waals surface area (Å²) in [5, 5.41) is 6.65. The van der Waals surface area contributed by atoms with Crippen molar-refractivity contribution in [2.45, 2.75) is 39.9 Å². The topological polar surface area (TPSA) is 56.2 Å². The molecule has 0 fully saturated rings. The maximum Gasteiger partial charge on any atom is 0.416 e. The predicted octanol–water partition coefficient (Wildman–Crippen LogP) is 5.94. The number of anilines is 1. The fraction of sp³-hybridized carbons (Fsp3) is 0.333. The Kier molecular flexibility index (Phi) is 7.40. The van der Waals surface area contributed by atoms with E-state index in [-0.39, 0.29) is 29.4 Å². The molecule has 0 unspecified atom stereocenters. The van der Waals surface area contributed by atoms with Crippen LogP contribution in [0, 0.1) is 11.7 Å². The minimum absolute atomic E-state index is 0.0212. The highest BCUT2D eigenvalue weighted by atomic mass is 19.4. The van der Waals surface area contributed by atoms with E-state index in [9.17, 15) is 22.4 Å². The molecule has 1 heterocycles. The van der Waals surface area contributed by atoms with Crippen LogP contribution < -0.4 is 10.1 Å². The van der Waals surface area contributed by atoms with Crippen molar-refractivity contribution in [1.82, 2.24) is 9.78 Å². The van der Waals surface area contributed by atoms with E-state index in [0.29, 0.717) is 24.3 Å². The minimum atomic E-state index is -4.54. The SMILES string of the molecule is CCc1cccc(F)c1C(=O)Nc1ccn(Cc2cc(OCC(C)C)ccc2C(F)(F)F)n1. The molecule has 0 radical (unpaired) electrons. The van der Waals surface area contributed by atoms with Crippen LogP contribution in [0.15, 0.2) is 48.7 Å². The van der Waals surface area contributed by atoms with Gasteiger partial charge in [0.25, 0.3) is 5.91 Å². The number of aromatic nitrogens is 2. The second-order valence-electron chi connectivity index (χ2n) is 8.00. The smallest absolute Gasteiger partial charge is 0.416 e. The minimum Gasteiger partial charge on any atom is -0.493 e. The molecule has 1 N–H and O–H groups in total. The van der Waals surface area contributed by atoms with Crippen LogP contribution in [0.2, 0.25) is 0 Å². The molecule has 33 heavy (non-hydrogen) atoms. The van der Waals surface area contributed by atoms with Crippen molar-refractivity contribution >= 4 is 11.7 Å². The molecule has 1 aromatic heterocycles. The van der Waals surface area contributed by atoms with Gasteiger partial charge < -0.3 is 10.1 Å². The largest absolute Gasteiger partial charge is 0.493 e. The van der Waals surface area contributed by atoms with E-state index >= 15 is 0 Å². The third-order valence-corrected chi connectivity index (χ3v) is 4.89. The molecule has 176 valence electrons. The van der Waals surface area contributed by atoms with E-state index in [0.717, 1.165) is 6.07 Å². The summed E-state index contributed by atoms with van der Waals surface area (Å²) in [6.45, 7) is 5.87. The Morgan fingerprint density at radius 2 is 1.91 bits per heavy atom. The van der Waals surface area contributed by atoms with Crippen LogP contribution in [0.5, 0.6) is 5.75 Å². The van der Waals surface area contributed by atoms with Crippen molar-refractivity contribution in [2.75, 3.05) is 11.9 Å². The Balaban J connectivity index is 1.81. The molecular weight excluding hydrogens is 438 g/mol. The first-order valence-corrected chi connectivity index (χ1v) is 10.5.